The van der Waals surface area contributed by atoms with Crippen molar-refractivity contribution < 1.29 is 0 Å². The molecule has 0 aromatic carbocycles. The van der Waals surface area contributed by atoms with Gasteiger partial charge in [-0.15, -0.1) is 0 Å². The van der Waals surface area contributed by atoms with Crippen LogP contribution in [0, 0.1) is 0 Å². The van der Waals surface area contributed by atoms with Gasteiger partial charge in [0.2, 0.25) is 0 Å². The minimum absolute atomic E-state index is 0. The Morgan fingerprint density at radius 2 is 1.36 bits per heavy atom. The third-order valence-corrected chi connectivity index (χ3v) is 2.39. The van der Waals surface area contributed by atoms with Crippen molar-refractivity contribution in [3.05, 3.63) is 22.3 Å². The van der Waals surface area contributed by atoms with Gasteiger partial charge in [0.1, 0.15) is 0 Å². The summed E-state index contributed by atoms with van der Waals surface area (Å²) in [5.41, 5.74) is 6.30. The van der Waals surface area contributed by atoms with Crippen molar-refractivity contribution in [2.75, 3.05) is 0 Å². The number of hydrogen-bond donors (Lipinski definition) is 0. The highest BCUT2D eigenvalue weighted by Crippen LogP contribution is 2.31. The molecule has 0 N–H and O–H groups in total. The number of hydrogen-bond acceptors (Lipinski definition) is 0. The van der Waals surface area contributed by atoms with E-state index in [1.165, 1.54) is 18.4 Å². The predicted molar refractivity (Wildman–Crippen MR) is 52.7 cm³/mol. The van der Waals surface area contributed by atoms with Crippen molar-refractivity contribution in [1.29, 1.82) is 0 Å². The molecular weight excluding hydrogens is 132 g/mol. The van der Waals surface area contributed by atoms with Crippen molar-refractivity contribution in [3.63, 3.8) is 0 Å². The van der Waals surface area contributed by atoms with Gasteiger partial charge in [-0.2, -0.15) is 0 Å². The van der Waals surface area contributed by atoms with Gasteiger partial charge in [-0.25, -0.2) is 0 Å². The molecule has 0 fully saturated rings. The first-order valence-electron chi connectivity index (χ1n) is 3.91. The minimum Gasteiger partial charge on any atom is -0.0776 e. The van der Waals surface area contributed by atoms with Gasteiger partial charge >= 0.3 is 0 Å². The van der Waals surface area contributed by atoms with Crippen LogP contribution in [0.4, 0.5) is 0 Å². The molecule has 0 spiro atoms. The second-order valence-corrected chi connectivity index (χ2v) is 3.52. The lowest BCUT2D eigenvalue weighted by Crippen LogP contribution is -1.78. The second-order valence-electron chi connectivity index (χ2n) is 3.52. The Hall–Kier alpha value is -0.520. The molecular formula is C11H20. The summed E-state index contributed by atoms with van der Waals surface area (Å²) in [6.45, 7) is 8.90. The number of rotatable bonds is 0. The maximum atomic E-state index is 2.24. The lowest BCUT2D eigenvalue weighted by atomic mass is 10.1. The average Bonchev–Trinajstić information content (AvgIpc) is 2.13. The Morgan fingerprint density at radius 1 is 1.00 bits per heavy atom. The van der Waals surface area contributed by atoms with E-state index in [1.807, 2.05) is 0 Å². The van der Waals surface area contributed by atoms with E-state index in [0.717, 1.165) is 0 Å². The summed E-state index contributed by atoms with van der Waals surface area (Å²) in [6, 6.07) is 0. The van der Waals surface area contributed by atoms with Crippen LogP contribution in [-0.4, -0.2) is 0 Å². The fourth-order valence-electron chi connectivity index (χ4n) is 1.36. The van der Waals surface area contributed by atoms with Gasteiger partial charge in [0.05, 0.1) is 0 Å². The van der Waals surface area contributed by atoms with Crippen LogP contribution in [0.2, 0.25) is 0 Å². The molecule has 0 amide bonds. The highest BCUT2D eigenvalue weighted by molar-refractivity contribution is 5.33. The molecule has 0 aromatic rings. The lowest BCUT2D eigenvalue weighted by molar-refractivity contribution is 1.07. The van der Waals surface area contributed by atoms with Gasteiger partial charge < -0.3 is 0 Å². The molecule has 0 saturated carbocycles. The molecule has 0 heteroatoms. The molecule has 0 heterocycles. The van der Waals surface area contributed by atoms with E-state index in [-0.39, 0.29) is 7.43 Å². The van der Waals surface area contributed by atoms with E-state index in [0.29, 0.717) is 0 Å². The van der Waals surface area contributed by atoms with Crippen LogP contribution in [0.1, 0.15) is 48.0 Å². The average molecular weight is 152 g/mol. The van der Waals surface area contributed by atoms with Crippen molar-refractivity contribution in [2.24, 2.45) is 0 Å². The Bertz CT molecular complexity index is 184. The maximum Gasteiger partial charge on any atom is -0.0103 e. The molecule has 64 valence electrons. The molecule has 1 aliphatic rings. The SMILES string of the molecule is C.CC(C)=C1CC(C)=C(C)C1. The first-order chi connectivity index (χ1) is 4.61. The first kappa shape index (κ1) is 10.5. The summed E-state index contributed by atoms with van der Waals surface area (Å²) < 4.78 is 0. The van der Waals surface area contributed by atoms with Gasteiger partial charge in [-0.05, 0) is 40.5 Å². The van der Waals surface area contributed by atoms with Crippen LogP contribution in [0.5, 0.6) is 0 Å². The Kier molecular flexibility index (Phi) is 3.57. The van der Waals surface area contributed by atoms with E-state index in [2.05, 4.69) is 27.7 Å². The van der Waals surface area contributed by atoms with Crippen molar-refractivity contribution in [3.8, 4) is 0 Å². The third kappa shape index (κ3) is 2.21. The van der Waals surface area contributed by atoms with Crippen LogP contribution in [0.3, 0.4) is 0 Å². The molecule has 1 rings (SSSR count). The van der Waals surface area contributed by atoms with Crippen LogP contribution >= 0.6 is 0 Å². The van der Waals surface area contributed by atoms with E-state index in [1.54, 1.807) is 16.7 Å². The molecule has 0 radical (unpaired) electrons. The Morgan fingerprint density at radius 3 is 1.55 bits per heavy atom. The van der Waals surface area contributed by atoms with E-state index in [4.69, 9.17) is 0 Å². The summed E-state index contributed by atoms with van der Waals surface area (Å²) in [4.78, 5) is 0. The Balaban J connectivity index is 0.000001000. The summed E-state index contributed by atoms with van der Waals surface area (Å²) in [5, 5.41) is 0. The Labute approximate surface area is 71.0 Å². The molecule has 0 aromatic heterocycles. The van der Waals surface area contributed by atoms with Crippen molar-refractivity contribution in [2.45, 2.75) is 48.0 Å². The summed E-state index contributed by atoms with van der Waals surface area (Å²) in [5.74, 6) is 0. The topological polar surface area (TPSA) is 0 Å². The quantitative estimate of drug-likeness (QED) is 0.459. The molecule has 0 bridgehead atoms. The molecule has 0 atom stereocenters. The van der Waals surface area contributed by atoms with Crippen LogP contribution in [0.15, 0.2) is 22.3 Å². The minimum atomic E-state index is 0. The summed E-state index contributed by atoms with van der Waals surface area (Å²) in [7, 11) is 0. The zero-order valence-electron chi connectivity index (χ0n) is 7.41. The fourth-order valence-corrected chi connectivity index (χ4v) is 1.36. The van der Waals surface area contributed by atoms with Crippen LogP contribution in [-0.2, 0) is 0 Å². The molecule has 0 aliphatic heterocycles. The maximum absolute atomic E-state index is 2.24. The highest BCUT2D eigenvalue weighted by Gasteiger charge is 2.11. The smallest absolute Gasteiger partial charge is 0.0103 e. The van der Waals surface area contributed by atoms with Gasteiger partial charge in [-0.3, -0.25) is 0 Å². The lowest BCUT2D eigenvalue weighted by Gasteiger charge is -1.98. The third-order valence-electron chi connectivity index (χ3n) is 2.39. The molecule has 0 nitrogen and oxygen atoms in total. The van der Waals surface area contributed by atoms with Gasteiger partial charge in [0.25, 0.3) is 0 Å². The predicted octanol–water partition coefficient (Wildman–Crippen LogP) is 4.09. The normalized spacial score (nSPS) is 16.9. The first-order valence-corrected chi connectivity index (χ1v) is 3.91. The molecule has 1 aliphatic carbocycles. The summed E-state index contributed by atoms with van der Waals surface area (Å²) >= 11 is 0. The van der Waals surface area contributed by atoms with Crippen molar-refractivity contribution in [1.82, 2.24) is 0 Å². The molecule has 0 saturated heterocycles. The van der Waals surface area contributed by atoms with E-state index >= 15 is 0 Å². The highest BCUT2D eigenvalue weighted by atomic mass is 14.2. The zero-order chi connectivity index (χ0) is 7.72. The zero-order valence-corrected chi connectivity index (χ0v) is 7.41. The standard InChI is InChI=1S/C10H16.CH4/c1-7(2)10-5-8(3)9(4)6-10;/h5-6H2,1-4H3;1H4. The van der Waals surface area contributed by atoms with Gasteiger partial charge in [0, 0.05) is 0 Å². The summed E-state index contributed by atoms with van der Waals surface area (Å²) in [6.07, 6.45) is 2.46. The molecule has 11 heavy (non-hydrogen) atoms. The second kappa shape index (κ2) is 3.75. The fraction of sp³-hybridized carbons (Fsp3) is 0.636. The van der Waals surface area contributed by atoms with E-state index < -0.39 is 0 Å². The van der Waals surface area contributed by atoms with Gasteiger partial charge in [0.15, 0.2) is 0 Å². The van der Waals surface area contributed by atoms with E-state index in [9.17, 15) is 0 Å². The van der Waals surface area contributed by atoms with Gasteiger partial charge in [-0.1, -0.05) is 29.7 Å². The number of allylic oxidation sites excluding steroid dienone is 4. The van der Waals surface area contributed by atoms with Crippen molar-refractivity contribution >= 4 is 0 Å². The monoisotopic (exact) mass is 152 g/mol. The van der Waals surface area contributed by atoms with Crippen LogP contribution in [0.25, 0.3) is 0 Å². The molecule has 0 unspecified atom stereocenters. The largest absolute Gasteiger partial charge is 0.0776 e. The van der Waals surface area contributed by atoms with Crippen LogP contribution < -0.4 is 0 Å².